The van der Waals surface area contributed by atoms with Gasteiger partial charge in [-0.15, -0.1) is 0 Å². The summed E-state index contributed by atoms with van der Waals surface area (Å²) >= 11 is 1.42. The van der Waals surface area contributed by atoms with Gasteiger partial charge in [0.2, 0.25) is 0 Å². The van der Waals surface area contributed by atoms with Crippen molar-refractivity contribution in [1.82, 2.24) is 9.47 Å². The lowest BCUT2D eigenvalue weighted by molar-refractivity contribution is -0.122. The fourth-order valence-corrected chi connectivity index (χ4v) is 5.19. The minimum Gasteiger partial charge on any atom is -0.494 e. The highest BCUT2D eigenvalue weighted by Gasteiger charge is 2.32. The molecule has 0 bridgehead atoms. The number of thioether (sulfide) groups is 1. The number of anilines is 1. The van der Waals surface area contributed by atoms with Gasteiger partial charge in [0.15, 0.2) is 5.17 Å². The number of aromatic nitrogens is 1. The highest BCUT2D eigenvalue weighted by molar-refractivity contribution is 8.18. The molecule has 4 rings (SSSR count). The van der Waals surface area contributed by atoms with Crippen molar-refractivity contribution in [3.63, 3.8) is 0 Å². The molecule has 35 heavy (non-hydrogen) atoms. The largest absolute Gasteiger partial charge is 0.494 e. The molecule has 0 unspecified atom stereocenters. The Balaban J connectivity index is 1.63. The van der Waals surface area contributed by atoms with Crippen LogP contribution in [0.2, 0.25) is 0 Å². The van der Waals surface area contributed by atoms with Gasteiger partial charge in [-0.25, -0.2) is 4.99 Å². The van der Waals surface area contributed by atoms with Crippen molar-refractivity contribution < 1.29 is 9.53 Å². The van der Waals surface area contributed by atoms with Crippen LogP contribution in [-0.2, 0) is 4.79 Å². The molecule has 1 aliphatic rings. The van der Waals surface area contributed by atoms with E-state index in [0.29, 0.717) is 23.2 Å². The van der Waals surface area contributed by atoms with Gasteiger partial charge in [0, 0.05) is 43.4 Å². The summed E-state index contributed by atoms with van der Waals surface area (Å²) in [4.78, 5) is 22.4. The van der Waals surface area contributed by atoms with E-state index in [9.17, 15) is 4.79 Å². The average Bonchev–Trinajstić information content (AvgIpc) is 3.29. The van der Waals surface area contributed by atoms with Crippen molar-refractivity contribution in [2.24, 2.45) is 4.99 Å². The molecule has 0 aliphatic carbocycles. The minimum atomic E-state index is -0.0117. The Kier molecular flexibility index (Phi) is 7.36. The molecule has 2 aromatic carbocycles. The van der Waals surface area contributed by atoms with E-state index < -0.39 is 0 Å². The van der Waals surface area contributed by atoms with E-state index in [4.69, 9.17) is 9.73 Å². The van der Waals surface area contributed by atoms with Crippen LogP contribution in [0.25, 0.3) is 11.8 Å². The van der Waals surface area contributed by atoms with E-state index in [0.717, 1.165) is 39.8 Å². The quantitative estimate of drug-likeness (QED) is 0.373. The number of aliphatic imine (C=N–C) groups is 1. The Morgan fingerprint density at radius 2 is 1.71 bits per heavy atom. The molecule has 1 aliphatic heterocycles. The lowest BCUT2D eigenvalue weighted by atomic mass is 10.2. The Morgan fingerprint density at radius 3 is 2.31 bits per heavy atom. The van der Waals surface area contributed by atoms with Crippen molar-refractivity contribution in [2.45, 2.75) is 27.7 Å². The smallest absolute Gasteiger partial charge is 0.266 e. The fraction of sp³-hybridized carbons (Fsp3) is 0.286. The number of rotatable bonds is 7. The molecule has 3 aromatic rings. The summed E-state index contributed by atoms with van der Waals surface area (Å²) in [5.41, 5.74) is 6.31. The first-order valence-electron chi connectivity index (χ1n) is 11.8. The summed E-state index contributed by atoms with van der Waals surface area (Å²) in [7, 11) is 4.07. The molecular weight excluding hydrogens is 456 g/mol. The van der Waals surface area contributed by atoms with E-state index in [1.54, 1.807) is 4.90 Å². The Morgan fingerprint density at radius 1 is 1.03 bits per heavy atom. The second-order valence-electron chi connectivity index (χ2n) is 8.55. The van der Waals surface area contributed by atoms with Crippen LogP contribution in [0.1, 0.15) is 30.8 Å². The second kappa shape index (κ2) is 10.4. The summed E-state index contributed by atoms with van der Waals surface area (Å²) < 4.78 is 7.74. The number of hydrogen-bond donors (Lipinski definition) is 0. The van der Waals surface area contributed by atoms with Crippen LogP contribution in [0, 0.1) is 13.8 Å². The molecule has 2 heterocycles. The SMILES string of the molecule is CCOc1ccc(N=C2S/C(=C/c3cc(C)n(-c4ccc(N(C)C)cc4)c3C)C(=O)N2CC)cc1. The zero-order valence-electron chi connectivity index (χ0n) is 21.2. The van der Waals surface area contributed by atoms with Gasteiger partial charge in [0.25, 0.3) is 5.91 Å². The molecule has 7 heteroatoms. The molecule has 0 saturated carbocycles. The number of ether oxygens (including phenoxy) is 1. The summed E-state index contributed by atoms with van der Waals surface area (Å²) in [6.45, 7) is 9.30. The number of benzene rings is 2. The highest BCUT2D eigenvalue weighted by Crippen LogP contribution is 2.35. The Bertz CT molecular complexity index is 1270. The zero-order chi connectivity index (χ0) is 25.1. The number of carbonyl (C=O) groups excluding carboxylic acids is 1. The molecule has 6 nitrogen and oxygen atoms in total. The summed E-state index contributed by atoms with van der Waals surface area (Å²) in [5.74, 6) is 0.800. The fourth-order valence-electron chi connectivity index (χ4n) is 4.14. The van der Waals surface area contributed by atoms with Gasteiger partial charge in [-0.1, -0.05) is 0 Å². The van der Waals surface area contributed by atoms with Crippen LogP contribution in [0.15, 0.2) is 64.5 Å². The number of amides is 1. The second-order valence-corrected chi connectivity index (χ2v) is 9.56. The van der Waals surface area contributed by atoms with Gasteiger partial charge < -0.3 is 14.2 Å². The molecule has 1 saturated heterocycles. The van der Waals surface area contributed by atoms with Crippen molar-refractivity contribution >= 4 is 40.3 Å². The van der Waals surface area contributed by atoms with E-state index >= 15 is 0 Å². The third-order valence-electron chi connectivity index (χ3n) is 5.96. The van der Waals surface area contributed by atoms with Crippen LogP contribution in [0.5, 0.6) is 5.75 Å². The van der Waals surface area contributed by atoms with Crippen LogP contribution < -0.4 is 9.64 Å². The molecule has 182 valence electrons. The molecule has 1 amide bonds. The maximum atomic E-state index is 13.2. The molecule has 0 spiro atoms. The van der Waals surface area contributed by atoms with E-state index in [2.05, 4.69) is 53.6 Å². The van der Waals surface area contributed by atoms with Gasteiger partial charge >= 0.3 is 0 Å². The molecule has 0 radical (unpaired) electrons. The topological polar surface area (TPSA) is 50.1 Å². The number of likely N-dealkylation sites (N-methyl/N-ethyl adjacent to an activating group) is 1. The number of carbonyl (C=O) groups is 1. The summed E-state index contributed by atoms with van der Waals surface area (Å²) in [6, 6.07) is 18.2. The van der Waals surface area contributed by atoms with Gasteiger partial charge in [-0.05, 0) is 106 Å². The number of amidine groups is 1. The van der Waals surface area contributed by atoms with Crippen molar-refractivity contribution in [3.05, 3.63) is 76.5 Å². The summed E-state index contributed by atoms with van der Waals surface area (Å²) in [5, 5.41) is 0.695. The Hall–Kier alpha value is -3.45. The first-order valence-corrected chi connectivity index (χ1v) is 12.6. The normalized spacial score (nSPS) is 15.9. The number of hydrogen-bond acceptors (Lipinski definition) is 5. The predicted molar refractivity (Wildman–Crippen MR) is 147 cm³/mol. The average molecular weight is 489 g/mol. The predicted octanol–water partition coefficient (Wildman–Crippen LogP) is 6.18. The van der Waals surface area contributed by atoms with E-state index in [-0.39, 0.29) is 5.91 Å². The monoisotopic (exact) mass is 488 g/mol. The molecular formula is C28H32N4O2S. The molecule has 1 fully saturated rings. The molecule has 1 aromatic heterocycles. The van der Waals surface area contributed by atoms with Gasteiger partial charge in [0.1, 0.15) is 5.75 Å². The zero-order valence-corrected chi connectivity index (χ0v) is 22.0. The maximum absolute atomic E-state index is 13.2. The van der Waals surface area contributed by atoms with Crippen LogP contribution in [0.4, 0.5) is 11.4 Å². The molecule has 0 N–H and O–H groups in total. The van der Waals surface area contributed by atoms with Gasteiger partial charge in [-0.3, -0.25) is 9.69 Å². The minimum absolute atomic E-state index is 0.0117. The highest BCUT2D eigenvalue weighted by atomic mass is 32.2. The van der Waals surface area contributed by atoms with Gasteiger partial charge in [0.05, 0.1) is 17.2 Å². The van der Waals surface area contributed by atoms with Gasteiger partial charge in [-0.2, -0.15) is 0 Å². The summed E-state index contributed by atoms with van der Waals surface area (Å²) in [6.07, 6.45) is 1.99. The third-order valence-corrected chi connectivity index (χ3v) is 6.96. The lowest BCUT2D eigenvalue weighted by Crippen LogP contribution is -2.28. The van der Waals surface area contributed by atoms with Crippen molar-refractivity contribution in [3.8, 4) is 11.4 Å². The lowest BCUT2D eigenvalue weighted by Gasteiger charge is -2.15. The number of aryl methyl sites for hydroxylation is 1. The first kappa shape index (κ1) is 24.7. The standard InChI is InChI=1S/C28H32N4O2S/c1-7-31-27(33)26(35-28(31)29-22-9-15-25(16-10-22)34-8-2)18-21-17-19(3)32(20(21)4)24-13-11-23(12-14-24)30(5)6/h9-18H,7-8H2,1-6H3/b26-18+,29-28?. The van der Waals surface area contributed by atoms with Crippen LogP contribution in [-0.4, -0.2) is 47.8 Å². The van der Waals surface area contributed by atoms with E-state index in [1.165, 1.54) is 11.8 Å². The first-order chi connectivity index (χ1) is 16.8. The van der Waals surface area contributed by atoms with E-state index in [1.807, 2.05) is 58.3 Å². The third kappa shape index (κ3) is 5.15. The number of nitrogens with zero attached hydrogens (tertiary/aromatic N) is 4. The Labute approximate surface area is 211 Å². The molecule has 0 atom stereocenters. The van der Waals surface area contributed by atoms with Crippen LogP contribution in [0.3, 0.4) is 0 Å². The maximum Gasteiger partial charge on any atom is 0.266 e. The van der Waals surface area contributed by atoms with Crippen molar-refractivity contribution in [2.75, 3.05) is 32.1 Å². The van der Waals surface area contributed by atoms with Crippen molar-refractivity contribution in [1.29, 1.82) is 0 Å². The van der Waals surface area contributed by atoms with Crippen LogP contribution >= 0.6 is 11.8 Å².